The van der Waals surface area contributed by atoms with Crippen molar-refractivity contribution in [3.8, 4) is 0 Å². The van der Waals surface area contributed by atoms with Gasteiger partial charge in [-0.25, -0.2) is 4.79 Å². The number of likely N-dealkylation sites (N-methyl/N-ethyl adjacent to an activating group) is 1. The molecule has 1 aromatic carbocycles. The SMILES string of the molecule is CN(C)C(CNCc1ccc(C(=O)O)o1)c1ccccc1. The van der Waals surface area contributed by atoms with Gasteiger partial charge >= 0.3 is 5.97 Å². The van der Waals surface area contributed by atoms with Gasteiger partial charge in [0.1, 0.15) is 5.76 Å². The van der Waals surface area contributed by atoms with Crippen molar-refractivity contribution in [3.63, 3.8) is 0 Å². The Bertz CT molecular complexity index is 578. The summed E-state index contributed by atoms with van der Waals surface area (Å²) in [4.78, 5) is 12.9. The molecule has 1 heterocycles. The second kappa shape index (κ2) is 7.06. The number of aromatic carboxylic acids is 1. The topological polar surface area (TPSA) is 65.7 Å². The Balaban J connectivity index is 1.92. The van der Waals surface area contributed by atoms with Crippen LogP contribution in [-0.4, -0.2) is 36.6 Å². The summed E-state index contributed by atoms with van der Waals surface area (Å²) in [6, 6.07) is 13.7. The Labute approximate surface area is 124 Å². The van der Waals surface area contributed by atoms with Crippen molar-refractivity contribution in [2.75, 3.05) is 20.6 Å². The van der Waals surface area contributed by atoms with Gasteiger partial charge in [0, 0.05) is 12.6 Å². The van der Waals surface area contributed by atoms with E-state index in [2.05, 4.69) is 22.3 Å². The number of benzene rings is 1. The highest BCUT2D eigenvalue weighted by molar-refractivity contribution is 5.84. The highest BCUT2D eigenvalue weighted by Gasteiger charge is 2.14. The van der Waals surface area contributed by atoms with Crippen molar-refractivity contribution < 1.29 is 14.3 Å². The minimum Gasteiger partial charge on any atom is -0.475 e. The molecule has 0 bridgehead atoms. The first kappa shape index (κ1) is 15.3. The molecule has 0 radical (unpaired) electrons. The Morgan fingerprint density at radius 1 is 1.24 bits per heavy atom. The Morgan fingerprint density at radius 2 is 1.95 bits per heavy atom. The Hall–Kier alpha value is -2.11. The molecule has 2 aromatic rings. The third-order valence-corrected chi connectivity index (χ3v) is 3.32. The minimum absolute atomic E-state index is 0.0287. The molecule has 0 fully saturated rings. The number of carbonyl (C=O) groups is 1. The number of furan rings is 1. The largest absolute Gasteiger partial charge is 0.475 e. The number of hydrogen-bond donors (Lipinski definition) is 2. The lowest BCUT2D eigenvalue weighted by atomic mass is 10.1. The number of nitrogens with zero attached hydrogens (tertiary/aromatic N) is 1. The summed E-state index contributed by atoms with van der Waals surface area (Å²) in [7, 11) is 4.07. The summed E-state index contributed by atoms with van der Waals surface area (Å²) >= 11 is 0. The average Bonchev–Trinajstić information content (AvgIpc) is 2.93. The van der Waals surface area contributed by atoms with Crippen LogP contribution in [-0.2, 0) is 6.54 Å². The van der Waals surface area contributed by atoms with Gasteiger partial charge in [0.2, 0.25) is 5.76 Å². The number of carboxylic acids is 1. The number of carboxylic acid groups (broad SMARTS) is 1. The summed E-state index contributed by atoms with van der Waals surface area (Å²) < 4.78 is 5.22. The predicted molar refractivity (Wildman–Crippen MR) is 80.2 cm³/mol. The normalized spacial score (nSPS) is 12.5. The van der Waals surface area contributed by atoms with E-state index >= 15 is 0 Å². The molecule has 2 N–H and O–H groups in total. The number of rotatable bonds is 7. The van der Waals surface area contributed by atoms with E-state index in [-0.39, 0.29) is 11.8 Å². The molecule has 21 heavy (non-hydrogen) atoms. The summed E-state index contributed by atoms with van der Waals surface area (Å²) in [5, 5.41) is 12.1. The second-order valence-corrected chi connectivity index (χ2v) is 5.09. The predicted octanol–water partition coefficient (Wildman–Crippen LogP) is 2.37. The first-order valence-corrected chi connectivity index (χ1v) is 6.82. The van der Waals surface area contributed by atoms with Gasteiger partial charge in [0.15, 0.2) is 0 Å². The fraction of sp³-hybridized carbons (Fsp3) is 0.312. The third-order valence-electron chi connectivity index (χ3n) is 3.32. The molecular weight excluding hydrogens is 268 g/mol. The van der Waals surface area contributed by atoms with Gasteiger partial charge in [0.05, 0.1) is 6.54 Å². The van der Waals surface area contributed by atoms with Gasteiger partial charge in [-0.2, -0.15) is 0 Å². The molecule has 112 valence electrons. The highest BCUT2D eigenvalue weighted by Crippen LogP contribution is 2.17. The minimum atomic E-state index is -1.04. The van der Waals surface area contributed by atoms with Crippen LogP contribution in [0.2, 0.25) is 0 Å². The molecule has 1 aromatic heterocycles. The Kier molecular flexibility index (Phi) is 5.14. The lowest BCUT2D eigenvalue weighted by molar-refractivity contribution is 0.0660. The summed E-state index contributed by atoms with van der Waals surface area (Å²) in [6.07, 6.45) is 0. The molecule has 1 atom stereocenters. The molecule has 5 nitrogen and oxygen atoms in total. The van der Waals surface area contributed by atoms with E-state index in [9.17, 15) is 4.79 Å². The van der Waals surface area contributed by atoms with E-state index in [0.717, 1.165) is 6.54 Å². The summed E-state index contributed by atoms with van der Waals surface area (Å²) in [5.41, 5.74) is 1.24. The molecule has 0 spiro atoms. The van der Waals surface area contributed by atoms with E-state index in [4.69, 9.17) is 9.52 Å². The number of nitrogens with one attached hydrogen (secondary N) is 1. The van der Waals surface area contributed by atoms with E-state index < -0.39 is 5.97 Å². The second-order valence-electron chi connectivity index (χ2n) is 5.09. The van der Waals surface area contributed by atoms with E-state index in [0.29, 0.717) is 12.3 Å². The molecule has 0 saturated carbocycles. The maximum atomic E-state index is 10.7. The molecule has 2 rings (SSSR count). The van der Waals surface area contributed by atoms with Gasteiger partial charge in [0.25, 0.3) is 0 Å². The quantitative estimate of drug-likeness (QED) is 0.819. The van der Waals surface area contributed by atoms with Crippen LogP contribution in [0.25, 0.3) is 0 Å². The van der Waals surface area contributed by atoms with E-state index in [1.807, 2.05) is 32.3 Å². The standard InChI is InChI=1S/C16H20N2O3/c1-18(2)14(12-6-4-3-5-7-12)11-17-10-13-8-9-15(21-13)16(19)20/h3-9,14,17H,10-11H2,1-2H3,(H,19,20). The van der Waals surface area contributed by atoms with Crippen LogP contribution >= 0.6 is 0 Å². The fourth-order valence-corrected chi connectivity index (χ4v) is 2.19. The van der Waals surface area contributed by atoms with Crippen LogP contribution in [0, 0.1) is 0 Å². The van der Waals surface area contributed by atoms with Crippen LogP contribution in [0.3, 0.4) is 0 Å². The lowest BCUT2D eigenvalue weighted by Gasteiger charge is -2.25. The fourth-order valence-electron chi connectivity index (χ4n) is 2.19. The average molecular weight is 288 g/mol. The lowest BCUT2D eigenvalue weighted by Crippen LogP contribution is -2.30. The smallest absolute Gasteiger partial charge is 0.371 e. The van der Waals surface area contributed by atoms with Crippen LogP contribution in [0.15, 0.2) is 46.9 Å². The molecule has 0 aliphatic heterocycles. The zero-order chi connectivity index (χ0) is 15.2. The van der Waals surface area contributed by atoms with E-state index in [1.54, 1.807) is 6.07 Å². The Morgan fingerprint density at radius 3 is 2.52 bits per heavy atom. The number of hydrogen-bond acceptors (Lipinski definition) is 4. The maximum absolute atomic E-state index is 10.7. The molecule has 5 heteroatoms. The zero-order valence-electron chi connectivity index (χ0n) is 12.2. The van der Waals surface area contributed by atoms with Crippen molar-refractivity contribution in [2.24, 2.45) is 0 Å². The van der Waals surface area contributed by atoms with Crippen molar-refractivity contribution in [1.29, 1.82) is 0 Å². The van der Waals surface area contributed by atoms with Gasteiger partial charge in [-0.1, -0.05) is 30.3 Å². The molecule has 1 unspecified atom stereocenters. The third kappa shape index (κ3) is 4.18. The van der Waals surface area contributed by atoms with Gasteiger partial charge in [-0.05, 0) is 31.8 Å². The molecule has 0 amide bonds. The van der Waals surface area contributed by atoms with Crippen molar-refractivity contribution in [2.45, 2.75) is 12.6 Å². The van der Waals surface area contributed by atoms with Crippen LogP contribution in [0.4, 0.5) is 0 Å². The van der Waals surface area contributed by atoms with Crippen molar-refractivity contribution >= 4 is 5.97 Å². The van der Waals surface area contributed by atoms with Crippen LogP contribution in [0.5, 0.6) is 0 Å². The molecule has 0 saturated heterocycles. The van der Waals surface area contributed by atoms with Gasteiger partial charge in [-0.15, -0.1) is 0 Å². The van der Waals surface area contributed by atoms with Crippen LogP contribution in [0.1, 0.15) is 27.9 Å². The molecule has 0 aliphatic rings. The first-order chi connectivity index (χ1) is 10.1. The maximum Gasteiger partial charge on any atom is 0.371 e. The van der Waals surface area contributed by atoms with Crippen molar-refractivity contribution in [3.05, 3.63) is 59.5 Å². The zero-order valence-corrected chi connectivity index (χ0v) is 12.2. The molecular formula is C16H20N2O3. The van der Waals surface area contributed by atoms with Gasteiger partial charge < -0.3 is 19.7 Å². The van der Waals surface area contributed by atoms with Gasteiger partial charge in [-0.3, -0.25) is 0 Å². The first-order valence-electron chi connectivity index (χ1n) is 6.82. The van der Waals surface area contributed by atoms with Crippen molar-refractivity contribution in [1.82, 2.24) is 10.2 Å². The summed E-state index contributed by atoms with van der Waals surface area (Å²) in [6.45, 7) is 1.25. The van der Waals surface area contributed by atoms with Crippen LogP contribution < -0.4 is 5.32 Å². The molecule has 0 aliphatic carbocycles. The highest BCUT2D eigenvalue weighted by atomic mass is 16.4. The monoisotopic (exact) mass is 288 g/mol. The summed E-state index contributed by atoms with van der Waals surface area (Å²) in [5.74, 6) is -0.450. The van der Waals surface area contributed by atoms with E-state index in [1.165, 1.54) is 11.6 Å².